The van der Waals surface area contributed by atoms with Crippen molar-refractivity contribution in [2.45, 2.75) is 45.6 Å². The molecule has 28 heavy (non-hydrogen) atoms. The van der Waals surface area contributed by atoms with Gasteiger partial charge in [0.05, 0.1) is 6.10 Å². The number of hydrogen-bond donors (Lipinski definition) is 0. The third-order valence-corrected chi connectivity index (χ3v) is 4.59. The molecule has 0 unspecified atom stereocenters. The van der Waals surface area contributed by atoms with Gasteiger partial charge >= 0.3 is 0 Å². The first-order valence-electron chi connectivity index (χ1n) is 9.81. The number of benzene rings is 2. The molecule has 4 nitrogen and oxygen atoms in total. The maximum atomic E-state index is 12.0. The highest BCUT2D eigenvalue weighted by Crippen LogP contribution is 2.23. The molecular weight excluding hydrogens is 352 g/mol. The standard InChI is InChI=1S/C14H10O2.C8H14O2.C2H6/c15-10-11-6-8-13(9-7-11)14(16)12-4-2-1-3-5-12;1-10-8-4-2-7(6-9)3-5-8;1-2/h1-10H;6-8H,2-5H2,1H3;1-2H3. The molecule has 2 aromatic carbocycles. The van der Waals surface area contributed by atoms with Crippen LogP contribution in [0.1, 0.15) is 65.8 Å². The number of carbonyl (C=O) groups is 3. The van der Waals surface area contributed by atoms with Crippen LogP contribution >= 0.6 is 0 Å². The lowest BCUT2D eigenvalue weighted by Gasteiger charge is -2.23. The highest BCUT2D eigenvalue weighted by atomic mass is 16.5. The summed E-state index contributed by atoms with van der Waals surface area (Å²) in [5.74, 6) is 0.282. The van der Waals surface area contributed by atoms with Gasteiger partial charge in [-0.3, -0.25) is 9.59 Å². The van der Waals surface area contributed by atoms with E-state index in [4.69, 9.17) is 4.74 Å². The minimum absolute atomic E-state index is 0.0296. The minimum Gasteiger partial charge on any atom is -0.381 e. The van der Waals surface area contributed by atoms with Crippen molar-refractivity contribution in [3.8, 4) is 0 Å². The number of rotatable bonds is 5. The summed E-state index contributed by atoms with van der Waals surface area (Å²) in [5.41, 5.74) is 1.82. The topological polar surface area (TPSA) is 60.4 Å². The molecule has 0 amide bonds. The Kier molecular flexibility index (Phi) is 11.4. The molecule has 1 aliphatic carbocycles. The van der Waals surface area contributed by atoms with E-state index < -0.39 is 0 Å². The fourth-order valence-electron chi connectivity index (χ4n) is 2.93. The summed E-state index contributed by atoms with van der Waals surface area (Å²) in [4.78, 5) is 32.7. The summed E-state index contributed by atoms with van der Waals surface area (Å²) >= 11 is 0. The fraction of sp³-hybridized carbons (Fsp3) is 0.375. The molecule has 3 rings (SSSR count). The van der Waals surface area contributed by atoms with Gasteiger partial charge in [0, 0.05) is 29.7 Å². The van der Waals surface area contributed by atoms with Gasteiger partial charge in [0.25, 0.3) is 0 Å². The van der Waals surface area contributed by atoms with Gasteiger partial charge in [0.2, 0.25) is 0 Å². The second-order valence-corrected chi connectivity index (χ2v) is 6.34. The molecule has 0 N–H and O–H groups in total. The predicted octanol–water partition coefficient (Wildman–Crippen LogP) is 5.15. The maximum Gasteiger partial charge on any atom is 0.193 e. The summed E-state index contributed by atoms with van der Waals surface area (Å²) in [5, 5.41) is 0. The maximum absolute atomic E-state index is 12.0. The zero-order valence-electron chi connectivity index (χ0n) is 17.0. The van der Waals surface area contributed by atoms with Crippen LogP contribution in [0.25, 0.3) is 0 Å². The Labute approximate surface area is 167 Å². The van der Waals surface area contributed by atoms with E-state index >= 15 is 0 Å². The van der Waals surface area contributed by atoms with Crippen molar-refractivity contribution in [2.75, 3.05) is 7.11 Å². The number of carbonyl (C=O) groups excluding carboxylic acids is 3. The monoisotopic (exact) mass is 382 g/mol. The van der Waals surface area contributed by atoms with Gasteiger partial charge < -0.3 is 9.53 Å². The van der Waals surface area contributed by atoms with Gasteiger partial charge in [-0.05, 0) is 25.7 Å². The SMILES string of the molecule is CC.COC1CCC(C=O)CC1.O=Cc1ccc(C(=O)c2ccccc2)cc1. The smallest absolute Gasteiger partial charge is 0.193 e. The van der Waals surface area contributed by atoms with Crippen LogP contribution in [0.15, 0.2) is 54.6 Å². The second-order valence-electron chi connectivity index (χ2n) is 6.34. The normalized spacial score (nSPS) is 17.8. The van der Waals surface area contributed by atoms with Crippen molar-refractivity contribution in [3.05, 3.63) is 71.3 Å². The molecule has 1 aliphatic rings. The minimum atomic E-state index is -0.0296. The van der Waals surface area contributed by atoms with E-state index in [-0.39, 0.29) is 5.78 Å². The molecule has 0 atom stereocenters. The molecule has 0 saturated heterocycles. The lowest BCUT2D eigenvalue weighted by molar-refractivity contribution is -0.112. The van der Waals surface area contributed by atoms with Crippen molar-refractivity contribution in [2.24, 2.45) is 5.92 Å². The zero-order chi connectivity index (χ0) is 20.8. The molecule has 4 heteroatoms. The van der Waals surface area contributed by atoms with Crippen molar-refractivity contribution < 1.29 is 19.1 Å². The van der Waals surface area contributed by atoms with Gasteiger partial charge in [0.15, 0.2) is 5.78 Å². The Balaban J connectivity index is 0.000000281. The van der Waals surface area contributed by atoms with E-state index in [2.05, 4.69) is 0 Å². The van der Waals surface area contributed by atoms with Crippen LogP contribution < -0.4 is 0 Å². The second kappa shape index (κ2) is 13.6. The predicted molar refractivity (Wildman–Crippen MR) is 112 cm³/mol. The quantitative estimate of drug-likeness (QED) is 0.530. The number of aldehydes is 2. The van der Waals surface area contributed by atoms with E-state index in [0.717, 1.165) is 38.3 Å². The van der Waals surface area contributed by atoms with E-state index in [1.807, 2.05) is 32.0 Å². The van der Waals surface area contributed by atoms with Crippen molar-refractivity contribution in [3.63, 3.8) is 0 Å². The molecule has 2 aromatic rings. The summed E-state index contributed by atoms with van der Waals surface area (Å²) in [7, 11) is 1.74. The van der Waals surface area contributed by atoms with Gasteiger partial charge in [-0.1, -0.05) is 68.4 Å². The van der Waals surface area contributed by atoms with Gasteiger partial charge in [-0.15, -0.1) is 0 Å². The van der Waals surface area contributed by atoms with Crippen LogP contribution in [0, 0.1) is 5.92 Å². The van der Waals surface area contributed by atoms with Crippen LogP contribution in [-0.2, 0) is 9.53 Å². The zero-order valence-corrected chi connectivity index (χ0v) is 17.0. The molecule has 0 spiro atoms. The van der Waals surface area contributed by atoms with Crippen molar-refractivity contribution in [1.82, 2.24) is 0 Å². The van der Waals surface area contributed by atoms with Crippen LogP contribution in [0.2, 0.25) is 0 Å². The fourth-order valence-corrected chi connectivity index (χ4v) is 2.93. The first-order valence-corrected chi connectivity index (χ1v) is 9.81. The summed E-state index contributed by atoms with van der Waals surface area (Å²) in [6.07, 6.45) is 6.39. The molecule has 150 valence electrons. The third-order valence-electron chi connectivity index (χ3n) is 4.59. The van der Waals surface area contributed by atoms with E-state index in [9.17, 15) is 14.4 Å². The summed E-state index contributed by atoms with van der Waals surface area (Å²) < 4.78 is 5.17. The van der Waals surface area contributed by atoms with Crippen LogP contribution in [0.5, 0.6) is 0 Å². The van der Waals surface area contributed by atoms with Crippen molar-refractivity contribution >= 4 is 18.4 Å². The number of hydrogen-bond acceptors (Lipinski definition) is 4. The van der Waals surface area contributed by atoms with Crippen LogP contribution in [0.4, 0.5) is 0 Å². The molecule has 1 saturated carbocycles. The third kappa shape index (κ3) is 7.57. The molecule has 0 radical (unpaired) electrons. The first-order chi connectivity index (χ1) is 13.7. The Morgan fingerprint density at radius 2 is 1.39 bits per heavy atom. The van der Waals surface area contributed by atoms with Crippen LogP contribution in [0.3, 0.4) is 0 Å². The highest BCUT2D eigenvalue weighted by Gasteiger charge is 2.19. The van der Waals surface area contributed by atoms with Crippen molar-refractivity contribution in [1.29, 1.82) is 0 Å². The highest BCUT2D eigenvalue weighted by molar-refractivity contribution is 6.09. The Hall–Kier alpha value is -2.59. The lowest BCUT2D eigenvalue weighted by atomic mass is 9.88. The van der Waals surface area contributed by atoms with Gasteiger partial charge in [-0.25, -0.2) is 0 Å². The number of ketones is 1. The number of methoxy groups -OCH3 is 1. The molecule has 1 fully saturated rings. The molecule has 0 heterocycles. The Morgan fingerprint density at radius 1 is 0.857 bits per heavy atom. The van der Waals surface area contributed by atoms with Gasteiger partial charge in [0.1, 0.15) is 12.6 Å². The lowest BCUT2D eigenvalue weighted by Crippen LogP contribution is -2.20. The van der Waals surface area contributed by atoms with E-state index in [0.29, 0.717) is 28.7 Å². The molecule has 0 aliphatic heterocycles. The number of ether oxygens (including phenoxy) is 1. The average molecular weight is 383 g/mol. The largest absolute Gasteiger partial charge is 0.381 e. The Morgan fingerprint density at radius 3 is 1.86 bits per heavy atom. The molecular formula is C24H30O4. The van der Waals surface area contributed by atoms with Crippen LogP contribution in [-0.4, -0.2) is 31.6 Å². The Bertz CT molecular complexity index is 699. The average Bonchev–Trinajstić information content (AvgIpc) is 2.81. The van der Waals surface area contributed by atoms with E-state index in [1.54, 1.807) is 43.5 Å². The van der Waals surface area contributed by atoms with Gasteiger partial charge in [-0.2, -0.15) is 0 Å². The summed E-state index contributed by atoms with van der Waals surface area (Å²) in [6, 6.07) is 15.7. The first kappa shape index (κ1) is 23.4. The molecule has 0 bridgehead atoms. The molecule has 0 aromatic heterocycles. The van der Waals surface area contributed by atoms with E-state index in [1.165, 1.54) is 0 Å². The summed E-state index contributed by atoms with van der Waals surface area (Å²) in [6.45, 7) is 4.00.